The number of ether oxygens (including phenoxy) is 1. The topological polar surface area (TPSA) is 44.9 Å². The van der Waals surface area contributed by atoms with Gasteiger partial charge in [0, 0.05) is 33.1 Å². The zero-order chi connectivity index (χ0) is 14.6. The van der Waals surface area contributed by atoms with Gasteiger partial charge in [0.1, 0.15) is 6.73 Å². The maximum Gasteiger partial charge on any atom is 0.175 e. The van der Waals surface area contributed by atoms with Crippen LogP contribution in [0.15, 0.2) is 24.7 Å². The molecule has 110 valence electrons. The van der Waals surface area contributed by atoms with E-state index < -0.39 is 8.07 Å². The standard InChI is InChI=1S/C14H24N4OSi/c1-5-13-10-15-18(11-13)14-6-7-17(16-14)12-19-8-9-20(2,3)4/h6-7,10-11H,5,8-9,12H2,1-4H3. The molecule has 0 radical (unpaired) electrons. The van der Waals surface area contributed by atoms with Crippen LogP contribution in [0.1, 0.15) is 12.5 Å². The first-order chi connectivity index (χ1) is 9.48. The molecule has 0 fully saturated rings. The largest absolute Gasteiger partial charge is 0.360 e. The van der Waals surface area contributed by atoms with Gasteiger partial charge >= 0.3 is 0 Å². The lowest BCUT2D eigenvalue weighted by Gasteiger charge is -2.15. The van der Waals surface area contributed by atoms with Gasteiger partial charge in [0.15, 0.2) is 5.82 Å². The highest BCUT2D eigenvalue weighted by molar-refractivity contribution is 6.76. The lowest BCUT2D eigenvalue weighted by Crippen LogP contribution is -2.22. The Labute approximate surface area is 121 Å². The molecule has 0 N–H and O–H groups in total. The number of aryl methyl sites for hydroxylation is 1. The first-order valence-corrected chi connectivity index (χ1v) is 10.8. The minimum Gasteiger partial charge on any atom is -0.360 e. The fraction of sp³-hybridized carbons (Fsp3) is 0.571. The summed E-state index contributed by atoms with van der Waals surface area (Å²) in [5.74, 6) is 0.832. The SMILES string of the molecule is CCc1cnn(-c2ccn(COCC[Si](C)(C)C)n2)c1. The van der Waals surface area contributed by atoms with Crippen LogP contribution in [0.5, 0.6) is 0 Å². The summed E-state index contributed by atoms with van der Waals surface area (Å²) in [6.07, 6.45) is 6.81. The van der Waals surface area contributed by atoms with Crippen molar-refractivity contribution < 1.29 is 4.74 Å². The quantitative estimate of drug-likeness (QED) is 0.582. The highest BCUT2D eigenvalue weighted by atomic mass is 28.3. The normalized spacial score (nSPS) is 12.0. The van der Waals surface area contributed by atoms with E-state index in [4.69, 9.17) is 4.74 Å². The van der Waals surface area contributed by atoms with Crippen molar-refractivity contribution in [2.75, 3.05) is 6.61 Å². The molecule has 5 nitrogen and oxygen atoms in total. The Hall–Kier alpha value is -1.40. The number of aromatic nitrogens is 4. The van der Waals surface area contributed by atoms with Crippen molar-refractivity contribution in [3.63, 3.8) is 0 Å². The summed E-state index contributed by atoms with van der Waals surface area (Å²) in [4.78, 5) is 0. The molecule has 6 heteroatoms. The highest BCUT2D eigenvalue weighted by Crippen LogP contribution is 2.09. The molecule has 0 saturated carbocycles. The molecule has 0 spiro atoms. The number of hydrogen-bond acceptors (Lipinski definition) is 3. The summed E-state index contributed by atoms with van der Waals surface area (Å²) >= 11 is 0. The Morgan fingerprint density at radius 1 is 1.30 bits per heavy atom. The highest BCUT2D eigenvalue weighted by Gasteiger charge is 2.12. The molecular weight excluding hydrogens is 268 g/mol. The Kier molecular flexibility index (Phi) is 4.77. The molecule has 0 aliphatic rings. The van der Waals surface area contributed by atoms with Crippen LogP contribution in [0.3, 0.4) is 0 Å². The Morgan fingerprint density at radius 2 is 2.10 bits per heavy atom. The fourth-order valence-electron chi connectivity index (χ4n) is 1.75. The summed E-state index contributed by atoms with van der Waals surface area (Å²) in [6.45, 7) is 10.5. The molecular formula is C14H24N4OSi. The number of nitrogens with zero attached hydrogens (tertiary/aromatic N) is 4. The van der Waals surface area contributed by atoms with E-state index in [2.05, 4.69) is 36.8 Å². The molecule has 2 rings (SSSR count). The Morgan fingerprint density at radius 3 is 2.75 bits per heavy atom. The molecule has 0 atom stereocenters. The third-order valence-electron chi connectivity index (χ3n) is 3.13. The van der Waals surface area contributed by atoms with Crippen molar-refractivity contribution in [1.82, 2.24) is 19.6 Å². The smallest absolute Gasteiger partial charge is 0.175 e. The Balaban J connectivity index is 1.86. The van der Waals surface area contributed by atoms with Gasteiger partial charge in [-0.25, -0.2) is 9.36 Å². The van der Waals surface area contributed by atoms with Crippen molar-refractivity contribution in [2.45, 2.75) is 45.8 Å². The van der Waals surface area contributed by atoms with E-state index in [9.17, 15) is 0 Å². The number of rotatable bonds is 7. The molecule has 0 bridgehead atoms. The summed E-state index contributed by atoms with van der Waals surface area (Å²) < 4.78 is 9.29. The molecule has 0 unspecified atom stereocenters. The average molecular weight is 292 g/mol. The molecule has 0 amide bonds. The van der Waals surface area contributed by atoms with E-state index in [1.165, 1.54) is 11.6 Å². The van der Waals surface area contributed by atoms with Gasteiger partial charge in [-0.05, 0) is 18.0 Å². The Bertz CT molecular complexity index is 541. The fourth-order valence-corrected chi connectivity index (χ4v) is 2.51. The minimum atomic E-state index is -1.01. The first kappa shape index (κ1) is 15.0. The molecule has 0 aliphatic carbocycles. The average Bonchev–Trinajstić information content (AvgIpc) is 3.02. The van der Waals surface area contributed by atoms with Crippen LogP contribution < -0.4 is 0 Å². The van der Waals surface area contributed by atoms with Gasteiger partial charge in [-0.15, -0.1) is 0 Å². The van der Waals surface area contributed by atoms with Gasteiger partial charge in [-0.2, -0.15) is 10.2 Å². The predicted molar refractivity (Wildman–Crippen MR) is 82.8 cm³/mol. The molecule has 2 aromatic heterocycles. The van der Waals surface area contributed by atoms with Crippen LogP contribution in [0.2, 0.25) is 25.7 Å². The maximum atomic E-state index is 5.68. The van der Waals surface area contributed by atoms with E-state index >= 15 is 0 Å². The van der Waals surface area contributed by atoms with Gasteiger partial charge in [0.25, 0.3) is 0 Å². The van der Waals surface area contributed by atoms with Crippen molar-refractivity contribution >= 4 is 8.07 Å². The van der Waals surface area contributed by atoms with Crippen LogP contribution in [-0.4, -0.2) is 34.2 Å². The zero-order valence-corrected chi connectivity index (χ0v) is 13.8. The first-order valence-electron chi connectivity index (χ1n) is 7.13. The third-order valence-corrected chi connectivity index (χ3v) is 4.83. The van der Waals surface area contributed by atoms with Crippen LogP contribution in [0, 0.1) is 0 Å². The lowest BCUT2D eigenvalue weighted by molar-refractivity contribution is 0.0785. The van der Waals surface area contributed by atoms with Gasteiger partial charge in [0.05, 0.1) is 6.20 Å². The van der Waals surface area contributed by atoms with Crippen molar-refractivity contribution in [1.29, 1.82) is 0 Å². The monoisotopic (exact) mass is 292 g/mol. The second-order valence-corrected chi connectivity index (χ2v) is 11.8. The van der Waals surface area contributed by atoms with Crippen molar-refractivity contribution in [3.05, 3.63) is 30.2 Å². The van der Waals surface area contributed by atoms with Crippen molar-refractivity contribution in [3.8, 4) is 5.82 Å². The molecule has 2 heterocycles. The van der Waals surface area contributed by atoms with E-state index in [0.717, 1.165) is 18.8 Å². The molecule has 0 saturated heterocycles. The van der Waals surface area contributed by atoms with Gasteiger partial charge in [-0.3, -0.25) is 0 Å². The predicted octanol–water partition coefficient (Wildman–Crippen LogP) is 2.94. The summed E-state index contributed by atoms with van der Waals surface area (Å²) in [7, 11) is -1.01. The van der Waals surface area contributed by atoms with Crippen molar-refractivity contribution in [2.24, 2.45) is 0 Å². The summed E-state index contributed by atoms with van der Waals surface area (Å²) in [5, 5.41) is 8.77. The second-order valence-electron chi connectivity index (χ2n) is 6.21. The lowest BCUT2D eigenvalue weighted by atomic mass is 10.3. The van der Waals surface area contributed by atoms with Gasteiger partial charge < -0.3 is 4.74 Å². The van der Waals surface area contributed by atoms with E-state index in [1.807, 2.05) is 29.3 Å². The molecule has 20 heavy (non-hydrogen) atoms. The maximum absolute atomic E-state index is 5.68. The third kappa shape index (κ3) is 4.31. The van der Waals surface area contributed by atoms with E-state index in [0.29, 0.717) is 6.73 Å². The summed E-state index contributed by atoms with van der Waals surface area (Å²) in [5.41, 5.74) is 1.21. The van der Waals surface area contributed by atoms with Gasteiger partial charge in [0.2, 0.25) is 0 Å². The molecule has 2 aromatic rings. The van der Waals surface area contributed by atoms with Crippen LogP contribution in [-0.2, 0) is 17.9 Å². The second kappa shape index (κ2) is 6.36. The zero-order valence-electron chi connectivity index (χ0n) is 12.8. The molecule has 0 aromatic carbocycles. The number of hydrogen-bond donors (Lipinski definition) is 0. The molecule has 0 aliphatic heterocycles. The summed E-state index contributed by atoms with van der Waals surface area (Å²) in [6, 6.07) is 3.13. The van der Waals surface area contributed by atoms with Crippen LogP contribution in [0.4, 0.5) is 0 Å². The van der Waals surface area contributed by atoms with E-state index in [-0.39, 0.29) is 0 Å². The van der Waals surface area contributed by atoms with Crippen LogP contribution >= 0.6 is 0 Å². The van der Waals surface area contributed by atoms with Crippen LogP contribution in [0.25, 0.3) is 5.82 Å². The van der Waals surface area contributed by atoms with Gasteiger partial charge in [-0.1, -0.05) is 26.6 Å². The minimum absolute atomic E-state index is 0.506. The van der Waals surface area contributed by atoms with E-state index in [1.54, 1.807) is 4.68 Å².